The van der Waals surface area contributed by atoms with Gasteiger partial charge in [-0.3, -0.25) is 0 Å². The van der Waals surface area contributed by atoms with Crippen molar-refractivity contribution >= 4 is 49.7 Å². The number of carboxylic acids is 2. The van der Waals surface area contributed by atoms with E-state index in [-0.39, 0.29) is 50.6 Å². The Kier molecular flexibility index (Phi) is 96.3. The van der Waals surface area contributed by atoms with Crippen LogP contribution in [0.15, 0.2) is 0 Å². The summed E-state index contributed by atoms with van der Waals surface area (Å²) in [5.41, 5.74) is 0. The third kappa shape index (κ3) is 94.1. The molecule has 0 unspecified atom stereocenters. The van der Waals surface area contributed by atoms with Crippen LogP contribution in [-0.2, 0) is 9.59 Å². The summed E-state index contributed by atoms with van der Waals surface area (Å²) in [7, 11) is 0. The van der Waals surface area contributed by atoms with Crippen molar-refractivity contribution in [3.8, 4) is 0 Å². The zero-order chi connectivity index (χ0) is 68.3. The maximum absolute atomic E-state index is 10.9. The Morgan fingerprint density at radius 3 is 0.368 bits per heavy atom. The monoisotopic (exact) mass is 1370 g/mol. The maximum atomic E-state index is 10.9. The number of carboxylic acid groups (broad SMARTS) is 2. The summed E-state index contributed by atoms with van der Waals surface area (Å²) in [5, 5.41) is 21.8. The number of unbranched alkanes of at least 4 members (excludes halogenated alkanes) is 68. The van der Waals surface area contributed by atoms with Gasteiger partial charge in [0.25, 0.3) is 0 Å². The standard InChI is InChI=1S/2C44H89NO2.Ca/c2*1-3-5-7-9-11-13-15-17-19-21-23-25-27-29-31-33-35-37-41-45(43-39-40-44(46)47)42-38-36-34-32-30-28-26-24-22-20-18-16-14-12-10-8-6-4-2;/h2*3-43H2,1-2H3,(H,46,47);/q;;+2/p-2. The number of hydrogen-bond donors (Lipinski definition) is 0. The second-order valence-electron chi connectivity index (χ2n) is 30.7. The van der Waals surface area contributed by atoms with Crippen molar-refractivity contribution in [3.05, 3.63) is 0 Å². The molecule has 0 amide bonds. The predicted octanol–water partition coefficient (Wildman–Crippen LogP) is 27.4. The van der Waals surface area contributed by atoms with E-state index in [0.717, 1.165) is 52.1 Å². The average Bonchev–Trinajstić information content (AvgIpc) is 3.79. The van der Waals surface area contributed by atoms with Crippen LogP contribution in [0.1, 0.15) is 516 Å². The minimum atomic E-state index is -0.897. The maximum Gasteiger partial charge on any atom is 2.00 e. The third-order valence-electron chi connectivity index (χ3n) is 21.0. The molecule has 0 radical (unpaired) electrons. The smallest absolute Gasteiger partial charge is 0.550 e. The van der Waals surface area contributed by atoms with Gasteiger partial charge in [0.15, 0.2) is 0 Å². The van der Waals surface area contributed by atoms with Crippen molar-refractivity contribution in [2.24, 2.45) is 0 Å². The number of carbonyl (C=O) groups is 2. The number of rotatable bonds is 84. The summed E-state index contributed by atoms with van der Waals surface area (Å²) >= 11 is 0. The van der Waals surface area contributed by atoms with Gasteiger partial charge in [-0.05, 0) is 90.6 Å². The predicted molar refractivity (Wildman–Crippen MR) is 422 cm³/mol. The Balaban J connectivity index is -0.00000176. The van der Waals surface area contributed by atoms with Crippen LogP contribution in [0.25, 0.3) is 0 Å². The fourth-order valence-electron chi connectivity index (χ4n) is 14.5. The number of nitrogens with zero attached hydrogens (tertiary/aromatic N) is 2. The number of carbonyl (C=O) groups excluding carboxylic acids is 2. The second kappa shape index (κ2) is 92.1. The number of aliphatic carboxylic acids is 2. The molecule has 0 saturated heterocycles. The molecule has 564 valence electrons. The van der Waals surface area contributed by atoms with Gasteiger partial charge in [0.05, 0.1) is 0 Å². The van der Waals surface area contributed by atoms with E-state index < -0.39 is 11.9 Å². The SMILES string of the molecule is CCCCCCCCCCCCCCCCCCCCN(CCCCCCCCCCCCCCCCCCCC)CCCC(=O)[O-].CCCCCCCCCCCCCCCCCCCCN(CCCCCCCCCCCCCCCCCCCC)CCCC(=O)[O-].[Ca+2]. The average molecular weight is 1370 g/mol. The van der Waals surface area contributed by atoms with Crippen LogP contribution in [0.3, 0.4) is 0 Å². The first-order valence-corrected chi connectivity index (χ1v) is 44.2. The van der Waals surface area contributed by atoms with Crippen LogP contribution < -0.4 is 10.2 Å². The number of hydrogen-bond acceptors (Lipinski definition) is 6. The molecule has 0 aromatic carbocycles. The summed E-state index contributed by atoms with van der Waals surface area (Å²) in [6.45, 7) is 15.6. The van der Waals surface area contributed by atoms with E-state index in [1.807, 2.05) is 0 Å². The van der Waals surface area contributed by atoms with Crippen molar-refractivity contribution in [2.75, 3.05) is 39.3 Å². The fourth-order valence-corrected chi connectivity index (χ4v) is 14.5. The third-order valence-corrected chi connectivity index (χ3v) is 21.0. The minimum absolute atomic E-state index is 0. The molecule has 0 aliphatic rings. The molecule has 0 spiro atoms. The van der Waals surface area contributed by atoms with Gasteiger partial charge in [-0.2, -0.15) is 0 Å². The Morgan fingerprint density at radius 1 is 0.168 bits per heavy atom. The minimum Gasteiger partial charge on any atom is -0.550 e. The quantitative estimate of drug-likeness (QED) is 0.0445. The Labute approximate surface area is 629 Å². The van der Waals surface area contributed by atoms with Crippen LogP contribution in [0.2, 0.25) is 0 Å². The Morgan fingerprint density at radius 2 is 0.263 bits per heavy atom. The van der Waals surface area contributed by atoms with Crippen molar-refractivity contribution in [2.45, 2.75) is 516 Å². The van der Waals surface area contributed by atoms with Crippen molar-refractivity contribution in [3.63, 3.8) is 0 Å². The zero-order valence-electron chi connectivity index (χ0n) is 66.2. The summed E-state index contributed by atoms with van der Waals surface area (Å²) in [6.07, 6.45) is 104. The van der Waals surface area contributed by atoms with E-state index in [2.05, 4.69) is 37.5 Å². The second-order valence-corrected chi connectivity index (χ2v) is 30.7. The van der Waals surface area contributed by atoms with Gasteiger partial charge in [-0.25, -0.2) is 0 Å². The van der Waals surface area contributed by atoms with Crippen molar-refractivity contribution in [1.82, 2.24) is 9.80 Å². The summed E-state index contributed by atoms with van der Waals surface area (Å²) < 4.78 is 0. The molecule has 0 aliphatic carbocycles. The van der Waals surface area contributed by atoms with Crippen molar-refractivity contribution < 1.29 is 19.8 Å². The largest absolute Gasteiger partial charge is 2.00 e. The molecule has 0 aromatic rings. The topological polar surface area (TPSA) is 86.7 Å². The summed E-state index contributed by atoms with van der Waals surface area (Å²) in [5.74, 6) is -1.79. The van der Waals surface area contributed by atoms with Gasteiger partial charge in [0, 0.05) is 11.9 Å². The van der Waals surface area contributed by atoms with Gasteiger partial charge < -0.3 is 29.6 Å². The summed E-state index contributed by atoms with van der Waals surface area (Å²) in [6, 6.07) is 0. The molecule has 0 aliphatic heterocycles. The van der Waals surface area contributed by atoms with Crippen LogP contribution in [-0.4, -0.2) is 98.7 Å². The van der Waals surface area contributed by atoms with E-state index in [0.29, 0.717) is 0 Å². The Bertz CT molecular complexity index is 1190. The first-order chi connectivity index (χ1) is 46.4. The van der Waals surface area contributed by atoms with E-state index in [1.54, 1.807) is 0 Å². The molecular formula is C88H176CaN2O4. The molecule has 0 heterocycles. The molecular weight excluding hydrogens is 1190 g/mol. The molecule has 0 atom stereocenters. The van der Waals surface area contributed by atoms with Gasteiger partial charge in [0.1, 0.15) is 0 Å². The molecule has 0 N–H and O–H groups in total. The van der Waals surface area contributed by atoms with E-state index in [4.69, 9.17) is 0 Å². The van der Waals surface area contributed by atoms with E-state index >= 15 is 0 Å². The van der Waals surface area contributed by atoms with E-state index in [1.165, 1.54) is 462 Å². The van der Waals surface area contributed by atoms with Crippen LogP contribution in [0.4, 0.5) is 0 Å². The van der Waals surface area contributed by atoms with Crippen LogP contribution >= 0.6 is 0 Å². The molecule has 0 rings (SSSR count). The first kappa shape index (κ1) is 99.3. The summed E-state index contributed by atoms with van der Waals surface area (Å²) in [4.78, 5) is 26.9. The fraction of sp³-hybridized carbons (Fsp3) is 0.977. The molecule has 7 heteroatoms. The Hall–Kier alpha value is 0.120. The first-order valence-electron chi connectivity index (χ1n) is 44.2. The molecule has 0 fully saturated rings. The normalized spacial score (nSPS) is 11.5. The molecule has 95 heavy (non-hydrogen) atoms. The van der Waals surface area contributed by atoms with Gasteiger partial charge in [-0.15, -0.1) is 0 Å². The van der Waals surface area contributed by atoms with Gasteiger partial charge >= 0.3 is 37.7 Å². The molecule has 6 nitrogen and oxygen atoms in total. The molecule has 0 bridgehead atoms. The van der Waals surface area contributed by atoms with Gasteiger partial charge in [-0.1, -0.05) is 464 Å². The molecule has 0 saturated carbocycles. The van der Waals surface area contributed by atoms with Crippen LogP contribution in [0.5, 0.6) is 0 Å². The molecule has 0 aromatic heterocycles. The van der Waals surface area contributed by atoms with E-state index in [9.17, 15) is 19.8 Å². The zero-order valence-corrected chi connectivity index (χ0v) is 68.4. The van der Waals surface area contributed by atoms with Crippen LogP contribution in [0, 0.1) is 0 Å². The van der Waals surface area contributed by atoms with Gasteiger partial charge in [0.2, 0.25) is 0 Å². The van der Waals surface area contributed by atoms with Crippen molar-refractivity contribution in [1.29, 1.82) is 0 Å².